The Hall–Kier alpha value is -0.920. The van der Waals surface area contributed by atoms with Crippen molar-refractivity contribution >= 4 is 22.4 Å². The van der Waals surface area contributed by atoms with Crippen molar-refractivity contribution in [2.24, 2.45) is 0 Å². The van der Waals surface area contributed by atoms with Crippen LogP contribution < -0.4 is 0 Å². The van der Waals surface area contributed by atoms with Gasteiger partial charge in [0.15, 0.2) is 0 Å². The summed E-state index contributed by atoms with van der Waals surface area (Å²) in [6.07, 6.45) is 0.484. The Labute approximate surface area is 95.1 Å². The Morgan fingerprint density at radius 1 is 1.67 bits per heavy atom. The van der Waals surface area contributed by atoms with E-state index in [2.05, 4.69) is 0 Å². The van der Waals surface area contributed by atoms with Gasteiger partial charge in [-0.05, 0) is 24.6 Å². The van der Waals surface area contributed by atoms with Gasteiger partial charge in [0, 0.05) is 4.90 Å². The lowest BCUT2D eigenvalue weighted by Gasteiger charge is -2.06. The molecule has 5 heteroatoms. The van der Waals surface area contributed by atoms with Gasteiger partial charge in [0.05, 0.1) is 21.9 Å². The molecule has 0 aliphatic rings. The predicted molar refractivity (Wildman–Crippen MR) is 57.5 cm³/mol. The normalized spacial score (nSPS) is 14.3. The number of nitrogens with zero attached hydrogens (tertiary/aromatic N) is 1. The Morgan fingerprint density at radius 2 is 2.33 bits per heavy atom. The molecule has 2 nitrogen and oxygen atoms in total. The number of hydrogen-bond acceptors (Lipinski definition) is 2. The lowest BCUT2D eigenvalue weighted by Crippen LogP contribution is -2.11. The van der Waals surface area contributed by atoms with Crippen molar-refractivity contribution in [2.75, 3.05) is 0 Å². The SMILES string of the molecule is CCC(C#N)S(=O)c1ccc(F)c(Cl)c1. The minimum absolute atomic E-state index is 0.0753. The van der Waals surface area contributed by atoms with Crippen LogP contribution in [0.15, 0.2) is 23.1 Å². The van der Waals surface area contributed by atoms with Crippen molar-refractivity contribution in [3.63, 3.8) is 0 Å². The third kappa shape index (κ3) is 2.77. The average Bonchev–Trinajstić information content (AvgIpc) is 2.23. The van der Waals surface area contributed by atoms with Gasteiger partial charge in [-0.25, -0.2) is 4.39 Å². The van der Waals surface area contributed by atoms with Crippen molar-refractivity contribution in [1.82, 2.24) is 0 Å². The molecule has 0 amide bonds. The van der Waals surface area contributed by atoms with Crippen molar-refractivity contribution in [1.29, 1.82) is 5.26 Å². The van der Waals surface area contributed by atoms with Crippen LogP contribution in [0.4, 0.5) is 4.39 Å². The molecule has 0 heterocycles. The molecule has 80 valence electrons. The molecule has 0 bridgehead atoms. The molecule has 1 rings (SSSR count). The highest BCUT2D eigenvalue weighted by Gasteiger charge is 2.16. The van der Waals surface area contributed by atoms with Crippen LogP contribution in [0.1, 0.15) is 13.3 Å². The Morgan fingerprint density at radius 3 is 2.80 bits per heavy atom. The highest BCUT2D eigenvalue weighted by molar-refractivity contribution is 7.86. The van der Waals surface area contributed by atoms with Gasteiger partial charge in [0.1, 0.15) is 11.1 Å². The predicted octanol–water partition coefficient (Wildman–Crippen LogP) is 2.89. The molecule has 0 aliphatic heterocycles. The number of benzene rings is 1. The van der Waals surface area contributed by atoms with E-state index in [4.69, 9.17) is 16.9 Å². The zero-order valence-electron chi connectivity index (χ0n) is 8.04. The van der Waals surface area contributed by atoms with Gasteiger partial charge < -0.3 is 0 Å². The molecule has 0 saturated heterocycles. The minimum atomic E-state index is -1.45. The molecule has 0 saturated carbocycles. The van der Waals surface area contributed by atoms with Gasteiger partial charge >= 0.3 is 0 Å². The van der Waals surface area contributed by atoms with E-state index in [9.17, 15) is 8.60 Å². The van der Waals surface area contributed by atoms with E-state index in [0.29, 0.717) is 11.3 Å². The molecular weight excluding hydrogens is 237 g/mol. The quantitative estimate of drug-likeness (QED) is 0.822. The standard InChI is InChI=1S/C10H9ClFNOS/c1-2-7(6-13)15(14)8-3-4-10(12)9(11)5-8/h3-5,7H,2H2,1H3. The van der Waals surface area contributed by atoms with Crippen LogP contribution in [0, 0.1) is 17.1 Å². The van der Waals surface area contributed by atoms with Gasteiger partial charge in [0.2, 0.25) is 0 Å². The molecule has 15 heavy (non-hydrogen) atoms. The molecule has 1 aromatic carbocycles. The van der Waals surface area contributed by atoms with Crippen molar-refractivity contribution < 1.29 is 8.60 Å². The highest BCUT2D eigenvalue weighted by atomic mass is 35.5. The summed E-state index contributed by atoms with van der Waals surface area (Å²) in [4.78, 5) is 0.384. The zero-order chi connectivity index (χ0) is 11.4. The van der Waals surface area contributed by atoms with Crippen LogP contribution in [0.25, 0.3) is 0 Å². The molecule has 1 aromatic rings. The van der Waals surface area contributed by atoms with Crippen molar-refractivity contribution in [3.8, 4) is 6.07 Å². The summed E-state index contributed by atoms with van der Waals surface area (Å²) in [6.45, 7) is 1.77. The average molecular weight is 246 g/mol. The molecule has 0 aromatic heterocycles. The van der Waals surface area contributed by atoms with Crippen LogP contribution in [-0.4, -0.2) is 9.46 Å². The van der Waals surface area contributed by atoms with Crippen LogP contribution >= 0.6 is 11.6 Å². The molecular formula is C10H9ClFNOS. The van der Waals surface area contributed by atoms with Gasteiger partial charge in [-0.1, -0.05) is 18.5 Å². The highest BCUT2D eigenvalue weighted by Crippen LogP contribution is 2.20. The summed E-state index contributed by atoms with van der Waals surface area (Å²) >= 11 is 5.56. The van der Waals surface area contributed by atoms with Gasteiger partial charge in [-0.15, -0.1) is 0 Å². The first kappa shape index (κ1) is 12.2. The van der Waals surface area contributed by atoms with Crippen LogP contribution in [0.2, 0.25) is 5.02 Å². The summed E-state index contributed by atoms with van der Waals surface area (Å²) in [5.74, 6) is -0.553. The van der Waals surface area contributed by atoms with E-state index < -0.39 is 21.9 Å². The molecule has 2 unspecified atom stereocenters. The number of rotatable bonds is 3. The van der Waals surface area contributed by atoms with E-state index in [1.54, 1.807) is 6.92 Å². The molecule has 0 aliphatic carbocycles. The van der Waals surface area contributed by atoms with Crippen LogP contribution in [0.3, 0.4) is 0 Å². The van der Waals surface area contributed by atoms with Crippen LogP contribution in [-0.2, 0) is 10.8 Å². The number of hydrogen-bond donors (Lipinski definition) is 0. The monoisotopic (exact) mass is 245 g/mol. The van der Waals surface area contributed by atoms with Crippen molar-refractivity contribution in [3.05, 3.63) is 29.0 Å². The fourth-order valence-electron chi connectivity index (χ4n) is 1.06. The first-order valence-corrected chi connectivity index (χ1v) is 5.94. The molecule has 0 N–H and O–H groups in total. The maximum atomic E-state index is 12.8. The van der Waals surface area contributed by atoms with Gasteiger partial charge in [-0.3, -0.25) is 4.21 Å². The topological polar surface area (TPSA) is 40.9 Å². The number of nitriles is 1. The van der Waals surface area contributed by atoms with Crippen molar-refractivity contribution in [2.45, 2.75) is 23.5 Å². The number of halogens is 2. The maximum absolute atomic E-state index is 12.8. The van der Waals surface area contributed by atoms with E-state index in [0.717, 1.165) is 6.07 Å². The minimum Gasteiger partial charge on any atom is -0.253 e. The van der Waals surface area contributed by atoms with E-state index in [1.165, 1.54) is 12.1 Å². The van der Waals surface area contributed by atoms with E-state index >= 15 is 0 Å². The Balaban J connectivity index is 3.02. The third-order valence-electron chi connectivity index (χ3n) is 1.90. The second-order valence-corrected chi connectivity index (χ2v) is 4.94. The largest absolute Gasteiger partial charge is 0.253 e. The smallest absolute Gasteiger partial charge is 0.141 e. The van der Waals surface area contributed by atoms with Gasteiger partial charge in [-0.2, -0.15) is 5.26 Å². The lowest BCUT2D eigenvalue weighted by molar-refractivity contribution is 0.626. The van der Waals surface area contributed by atoms with E-state index in [1.807, 2.05) is 6.07 Å². The Kier molecular flexibility index (Phi) is 4.25. The summed E-state index contributed by atoms with van der Waals surface area (Å²) < 4.78 is 24.6. The molecule has 0 radical (unpaired) electrons. The zero-order valence-corrected chi connectivity index (χ0v) is 9.61. The van der Waals surface area contributed by atoms with Crippen LogP contribution in [0.5, 0.6) is 0 Å². The molecule has 2 atom stereocenters. The second kappa shape index (κ2) is 5.24. The summed E-state index contributed by atoms with van der Waals surface area (Å²) in [7, 11) is -1.45. The lowest BCUT2D eigenvalue weighted by atomic mass is 10.3. The summed E-state index contributed by atoms with van der Waals surface area (Å²) in [5, 5.41) is 8.08. The fraction of sp³-hybridized carbons (Fsp3) is 0.300. The second-order valence-electron chi connectivity index (χ2n) is 2.90. The molecule has 0 fully saturated rings. The van der Waals surface area contributed by atoms with E-state index in [-0.39, 0.29) is 5.02 Å². The Bertz CT molecular complexity index is 430. The maximum Gasteiger partial charge on any atom is 0.141 e. The first-order valence-electron chi connectivity index (χ1n) is 4.35. The fourth-order valence-corrected chi connectivity index (χ4v) is 2.47. The third-order valence-corrected chi connectivity index (χ3v) is 3.86. The van der Waals surface area contributed by atoms with Gasteiger partial charge in [0.25, 0.3) is 0 Å². The molecule has 0 spiro atoms. The summed E-state index contributed by atoms with van der Waals surface area (Å²) in [5.41, 5.74) is 0. The summed E-state index contributed by atoms with van der Waals surface area (Å²) in [6, 6.07) is 5.78. The first-order chi connectivity index (χ1) is 7.10.